The molecule has 0 aliphatic carbocycles. The van der Waals surface area contributed by atoms with E-state index in [2.05, 4.69) is 60.8 Å². The second-order valence-corrected chi connectivity index (χ2v) is 7.82. The first-order valence-electron chi connectivity index (χ1n) is 9.82. The zero-order valence-corrected chi connectivity index (χ0v) is 19.4. The fourth-order valence-corrected chi connectivity index (χ4v) is 4.38. The molecule has 0 atom stereocenters. The van der Waals surface area contributed by atoms with E-state index in [1.54, 1.807) is 0 Å². The van der Waals surface area contributed by atoms with E-state index < -0.39 is 0 Å². The van der Waals surface area contributed by atoms with Gasteiger partial charge in [0.05, 0.1) is 18.8 Å². The van der Waals surface area contributed by atoms with Crippen LogP contribution in [0.2, 0.25) is 0 Å². The summed E-state index contributed by atoms with van der Waals surface area (Å²) < 4.78 is 0.861. The number of anilines is 1. The van der Waals surface area contributed by atoms with E-state index in [0.717, 1.165) is 46.1 Å². The summed E-state index contributed by atoms with van der Waals surface area (Å²) in [6.07, 6.45) is 2.40. The van der Waals surface area contributed by atoms with Crippen molar-refractivity contribution in [3.63, 3.8) is 0 Å². The third kappa shape index (κ3) is 4.71. The summed E-state index contributed by atoms with van der Waals surface area (Å²) in [5, 5.41) is 5.51. The molecule has 1 saturated heterocycles. The molecular formula is C24H27N2OY+. The number of hydrogen-bond acceptors (Lipinski definition) is 1. The van der Waals surface area contributed by atoms with E-state index in [1.807, 2.05) is 18.2 Å². The Balaban J connectivity index is 0.00000225. The Bertz CT molecular complexity index is 949. The van der Waals surface area contributed by atoms with Crippen molar-refractivity contribution >= 4 is 22.4 Å². The molecule has 1 radical (unpaired) electrons. The van der Waals surface area contributed by atoms with Gasteiger partial charge in [0.1, 0.15) is 6.54 Å². The van der Waals surface area contributed by atoms with Crippen LogP contribution in [0.4, 0.5) is 5.69 Å². The predicted molar refractivity (Wildman–Crippen MR) is 112 cm³/mol. The molecule has 1 aliphatic heterocycles. The molecule has 3 aromatic carbocycles. The van der Waals surface area contributed by atoms with E-state index in [4.69, 9.17) is 0 Å². The second-order valence-electron chi connectivity index (χ2n) is 7.82. The van der Waals surface area contributed by atoms with Crippen LogP contribution < -0.4 is 5.32 Å². The van der Waals surface area contributed by atoms with Crippen LogP contribution in [0.5, 0.6) is 0 Å². The molecule has 141 valence electrons. The zero-order chi connectivity index (χ0) is 18.7. The average Bonchev–Trinajstić information content (AvgIpc) is 3.12. The molecule has 4 rings (SSSR count). The summed E-state index contributed by atoms with van der Waals surface area (Å²) in [5.41, 5.74) is 3.38. The summed E-state index contributed by atoms with van der Waals surface area (Å²) in [7, 11) is 0. The molecule has 1 amide bonds. The van der Waals surface area contributed by atoms with Crippen LogP contribution in [0, 0.1) is 6.92 Å². The zero-order valence-electron chi connectivity index (χ0n) is 16.5. The monoisotopic (exact) mass is 448 g/mol. The van der Waals surface area contributed by atoms with Gasteiger partial charge in [0.15, 0.2) is 6.54 Å². The van der Waals surface area contributed by atoms with Crippen LogP contribution in [0.1, 0.15) is 24.0 Å². The number of fused-ring (bicyclic) bond motifs is 1. The molecule has 0 spiro atoms. The SMILES string of the molecule is Cc1ccc2ccccc2c1NC(=O)C[N+]1(Cc2ccccc2)CCCC1.[Y]. The van der Waals surface area contributed by atoms with Crippen LogP contribution in [-0.4, -0.2) is 30.0 Å². The largest absolute Gasteiger partial charge is 0.320 e. The molecule has 4 heteroatoms. The van der Waals surface area contributed by atoms with Crippen molar-refractivity contribution in [2.45, 2.75) is 26.3 Å². The van der Waals surface area contributed by atoms with Crippen molar-refractivity contribution < 1.29 is 42.0 Å². The van der Waals surface area contributed by atoms with Gasteiger partial charge in [-0.1, -0.05) is 66.7 Å². The van der Waals surface area contributed by atoms with Gasteiger partial charge < -0.3 is 9.80 Å². The van der Waals surface area contributed by atoms with Gasteiger partial charge in [-0.05, 0) is 17.9 Å². The Morgan fingerprint density at radius 2 is 1.61 bits per heavy atom. The van der Waals surface area contributed by atoms with Gasteiger partial charge in [0.25, 0.3) is 5.91 Å². The van der Waals surface area contributed by atoms with Crippen molar-refractivity contribution in [2.75, 3.05) is 25.0 Å². The molecule has 1 heterocycles. The number of benzene rings is 3. The third-order valence-electron chi connectivity index (χ3n) is 5.76. The Morgan fingerprint density at radius 3 is 2.36 bits per heavy atom. The molecule has 0 aromatic heterocycles. The molecule has 1 N–H and O–H groups in total. The number of carbonyl (C=O) groups excluding carboxylic acids is 1. The summed E-state index contributed by atoms with van der Waals surface area (Å²) in [6.45, 7) is 5.69. The Kier molecular flexibility index (Phi) is 7.03. The minimum atomic E-state index is 0. The van der Waals surface area contributed by atoms with Crippen molar-refractivity contribution in [1.82, 2.24) is 0 Å². The maximum absolute atomic E-state index is 13.0. The minimum absolute atomic E-state index is 0. The minimum Gasteiger partial charge on any atom is -0.320 e. The van der Waals surface area contributed by atoms with E-state index in [1.165, 1.54) is 18.4 Å². The Morgan fingerprint density at radius 1 is 0.929 bits per heavy atom. The first-order valence-corrected chi connectivity index (χ1v) is 9.82. The number of carbonyl (C=O) groups is 1. The number of likely N-dealkylation sites (tertiary alicyclic amines) is 1. The first kappa shape index (κ1) is 21.2. The molecule has 0 unspecified atom stereocenters. The number of rotatable bonds is 5. The number of nitrogens with zero attached hydrogens (tertiary/aromatic N) is 1. The smallest absolute Gasteiger partial charge is 0.279 e. The van der Waals surface area contributed by atoms with Gasteiger partial charge in [-0.3, -0.25) is 4.79 Å². The molecule has 0 bridgehead atoms. The first-order chi connectivity index (χ1) is 13.2. The van der Waals surface area contributed by atoms with Gasteiger partial charge in [0, 0.05) is 56.5 Å². The standard InChI is InChI=1S/C24H26N2O.Y/c1-19-13-14-21-11-5-6-12-22(21)24(19)25-23(27)18-26(15-7-8-16-26)17-20-9-3-2-4-10-20;/h2-6,9-14H,7-8,15-18H2,1H3;/p+1. The van der Waals surface area contributed by atoms with Crippen molar-refractivity contribution in [3.8, 4) is 0 Å². The number of nitrogens with one attached hydrogen (secondary N) is 1. The van der Waals surface area contributed by atoms with Gasteiger partial charge in [0.2, 0.25) is 0 Å². The number of hydrogen-bond donors (Lipinski definition) is 1. The van der Waals surface area contributed by atoms with Gasteiger partial charge in [-0.15, -0.1) is 0 Å². The maximum Gasteiger partial charge on any atom is 0.279 e. The molecule has 3 nitrogen and oxygen atoms in total. The van der Waals surface area contributed by atoms with Crippen LogP contribution in [-0.2, 0) is 44.0 Å². The van der Waals surface area contributed by atoms with Gasteiger partial charge in [-0.25, -0.2) is 0 Å². The summed E-state index contributed by atoms with van der Waals surface area (Å²) in [5.74, 6) is 0.118. The van der Waals surface area contributed by atoms with Crippen molar-refractivity contribution in [1.29, 1.82) is 0 Å². The average molecular weight is 448 g/mol. The summed E-state index contributed by atoms with van der Waals surface area (Å²) in [6, 6.07) is 23.0. The van der Waals surface area contributed by atoms with Crippen LogP contribution in [0.3, 0.4) is 0 Å². The van der Waals surface area contributed by atoms with Gasteiger partial charge in [-0.2, -0.15) is 0 Å². The molecule has 28 heavy (non-hydrogen) atoms. The van der Waals surface area contributed by atoms with Crippen LogP contribution in [0.25, 0.3) is 10.8 Å². The quantitative estimate of drug-likeness (QED) is 0.553. The van der Waals surface area contributed by atoms with E-state index in [-0.39, 0.29) is 38.6 Å². The number of amides is 1. The normalized spacial score (nSPS) is 15.2. The van der Waals surface area contributed by atoms with E-state index in [9.17, 15) is 4.79 Å². The van der Waals surface area contributed by atoms with Gasteiger partial charge >= 0.3 is 0 Å². The summed E-state index contributed by atoms with van der Waals surface area (Å²) >= 11 is 0. The second kappa shape index (κ2) is 9.30. The number of quaternary nitrogens is 1. The number of aryl methyl sites for hydroxylation is 1. The molecule has 1 fully saturated rings. The van der Waals surface area contributed by atoms with E-state index >= 15 is 0 Å². The molecule has 1 aliphatic rings. The Labute approximate surface area is 192 Å². The molecule has 0 saturated carbocycles. The molecular weight excluding hydrogens is 421 g/mol. The topological polar surface area (TPSA) is 29.1 Å². The van der Waals surface area contributed by atoms with Crippen molar-refractivity contribution in [3.05, 3.63) is 77.9 Å². The molecule has 3 aromatic rings. The van der Waals surface area contributed by atoms with Crippen LogP contribution in [0.15, 0.2) is 66.7 Å². The fraction of sp³-hybridized carbons (Fsp3) is 0.292. The van der Waals surface area contributed by atoms with E-state index in [0.29, 0.717) is 6.54 Å². The van der Waals surface area contributed by atoms with Crippen molar-refractivity contribution in [2.24, 2.45) is 0 Å². The Hall–Kier alpha value is -1.55. The van der Waals surface area contributed by atoms with Crippen LogP contribution >= 0.6 is 0 Å². The maximum atomic E-state index is 13.0. The third-order valence-corrected chi connectivity index (χ3v) is 5.76. The predicted octanol–water partition coefficient (Wildman–Crippen LogP) is 4.90. The summed E-state index contributed by atoms with van der Waals surface area (Å²) in [4.78, 5) is 13.0. The fourth-order valence-electron chi connectivity index (χ4n) is 4.38.